The summed E-state index contributed by atoms with van der Waals surface area (Å²) in [4.78, 5) is 19.7. The van der Waals surface area contributed by atoms with Crippen LogP contribution in [0, 0.1) is 0 Å². The fourth-order valence-electron chi connectivity index (χ4n) is 2.47. The van der Waals surface area contributed by atoms with E-state index in [9.17, 15) is 4.79 Å². The van der Waals surface area contributed by atoms with E-state index >= 15 is 0 Å². The van der Waals surface area contributed by atoms with Crippen LogP contribution in [0.1, 0.15) is 13.8 Å². The van der Waals surface area contributed by atoms with E-state index in [1.165, 1.54) is 0 Å². The molecule has 0 bridgehead atoms. The zero-order valence-corrected chi connectivity index (χ0v) is 16.2. The van der Waals surface area contributed by atoms with E-state index in [1.807, 2.05) is 6.07 Å². The molecule has 1 aromatic carbocycles. The molecule has 1 aliphatic heterocycles. The zero-order valence-electron chi connectivity index (χ0n) is 12.2. The molecule has 22 heavy (non-hydrogen) atoms. The number of nitrogens with zero attached hydrogens (tertiary/aromatic N) is 2. The van der Waals surface area contributed by atoms with Crippen molar-refractivity contribution in [3.63, 3.8) is 0 Å². The maximum atomic E-state index is 11.8. The first-order valence-electron chi connectivity index (χ1n) is 7.03. The van der Waals surface area contributed by atoms with Crippen LogP contribution in [0.25, 0.3) is 20.8 Å². The fraction of sp³-hybridized carbons (Fsp3) is 0.250. The molecular weight excluding hydrogens is 428 g/mol. The molecule has 6 heteroatoms. The molecule has 0 radical (unpaired) electrons. The maximum Gasteiger partial charge on any atom is 0.194 e. The highest BCUT2D eigenvalue weighted by atomic mass is 79.9. The Bertz CT molecular complexity index is 874. The molecule has 0 N–H and O–H groups in total. The van der Waals surface area contributed by atoms with E-state index in [2.05, 4.69) is 61.7 Å². The van der Waals surface area contributed by atoms with Crippen molar-refractivity contribution in [1.29, 1.82) is 0 Å². The molecule has 0 unspecified atom stereocenters. The van der Waals surface area contributed by atoms with Gasteiger partial charge in [0.1, 0.15) is 0 Å². The molecule has 0 fully saturated rings. The summed E-state index contributed by atoms with van der Waals surface area (Å²) in [7, 11) is 0. The quantitative estimate of drug-likeness (QED) is 0.528. The number of rotatable bonds is 3. The monoisotopic (exact) mass is 440 g/mol. The SMILES string of the molecule is CCN(CC)c1ccc2nc3ccc(=O)c(Br)c-3sc2c1Br. The molecular formula is C16H14Br2N2OS. The second-order valence-corrected chi connectivity index (χ2v) is 7.47. The average molecular weight is 442 g/mol. The number of hydrogen-bond acceptors (Lipinski definition) is 4. The Morgan fingerprint density at radius 3 is 2.50 bits per heavy atom. The Kier molecular flexibility index (Phi) is 4.52. The summed E-state index contributed by atoms with van der Waals surface area (Å²) in [5, 5.41) is 0. The van der Waals surface area contributed by atoms with E-state index in [4.69, 9.17) is 0 Å². The molecule has 1 heterocycles. The fourth-order valence-corrected chi connectivity index (χ4v) is 4.91. The van der Waals surface area contributed by atoms with Gasteiger partial charge in [0.25, 0.3) is 0 Å². The predicted octanol–water partition coefficient (Wildman–Crippen LogP) is 5.13. The van der Waals surface area contributed by atoms with Crippen LogP contribution in [0.3, 0.4) is 0 Å². The minimum absolute atomic E-state index is 0.0130. The molecule has 3 nitrogen and oxygen atoms in total. The number of hydrogen-bond donors (Lipinski definition) is 0. The van der Waals surface area contributed by atoms with Crippen LogP contribution in [0.15, 0.2) is 38.0 Å². The van der Waals surface area contributed by atoms with Crippen molar-refractivity contribution in [3.8, 4) is 10.6 Å². The molecule has 0 saturated carbocycles. The lowest BCUT2D eigenvalue weighted by molar-refractivity contribution is 0.865. The van der Waals surface area contributed by atoms with E-state index in [0.717, 1.165) is 44.0 Å². The van der Waals surface area contributed by atoms with Gasteiger partial charge in [-0.1, -0.05) is 0 Å². The summed E-state index contributed by atoms with van der Waals surface area (Å²) in [5.74, 6) is 0. The molecule has 0 spiro atoms. The minimum Gasteiger partial charge on any atom is -0.371 e. The highest BCUT2D eigenvalue weighted by Crippen LogP contribution is 2.41. The van der Waals surface area contributed by atoms with Crippen molar-refractivity contribution in [1.82, 2.24) is 4.98 Å². The van der Waals surface area contributed by atoms with Crippen molar-refractivity contribution in [2.75, 3.05) is 18.0 Å². The van der Waals surface area contributed by atoms with Crippen molar-refractivity contribution in [2.24, 2.45) is 0 Å². The van der Waals surface area contributed by atoms with Crippen molar-refractivity contribution in [2.45, 2.75) is 13.8 Å². The molecule has 0 amide bonds. The number of halogens is 2. The third kappa shape index (κ3) is 2.57. The van der Waals surface area contributed by atoms with Gasteiger partial charge in [-0.05, 0) is 70.0 Å². The van der Waals surface area contributed by atoms with Crippen molar-refractivity contribution >= 4 is 59.1 Å². The van der Waals surface area contributed by atoms with E-state index in [0.29, 0.717) is 4.47 Å². The Morgan fingerprint density at radius 2 is 1.82 bits per heavy atom. The first kappa shape index (κ1) is 15.9. The summed E-state index contributed by atoms with van der Waals surface area (Å²) in [6.45, 7) is 6.17. The molecule has 0 saturated heterocycles. The van der Waals surface area contributed by atoms with Gasteiger partial charge >= 0.3 is 0 Å². The number of fused-ring (bicyclic) bond motifs is 2. The van der Waals surface area contributed by atoms with E-state index in [1.54, 1.807) is 23.5 Å². The van der Waals surface area contributed by atoms with Crippen LogP contribution < -0.4 is 10.3 Å². The maximum absolute atomic E-state index is 11.8. The van der Waals surface area contributed by atoms with Crippen LogP contribution in [-0.4, -0.2) is 18.1 Å². The summed E-state index contributed by atoms with van der Waals surface area (Å²) in [6, 6.07) is 7.48. The van der Waals surface area contributed by atoms with Gasteiger partial charge < -0.3 is 4.90 Å². The van der Waals surface area contributed by atoms with E-state index < -0.39 is 0 Å². The highest BCUT2D eigenvalue weighted by molar-refractivity contribution is 9.11. The van der Waals surface area contributed by atoms with Gasteiger partial charge in [-0.25, -0.2) is 4.98 Å². The van der Waals surface area contributed by atoms with Crippen LogP contribution in [0.5, 0.6) is 0 Å². The lowest BCUT2D eigenvalue weighted by Gasteiger charge is -2.23. The number of anilines is 1. The first-order chi connectivity index (χ1) is 10.6. The van der Waals surface area contributed by atoms with Crippen LogP contribution in [0.2, 0.25) is 0 Å². The summed E-state index contributed by atoms with van der Waals surface area (Å²) < 4.78 is 2.68. The minimum atomic E-state index is -0.0130. The van der Waals surface area contributed by atoms with Gasteiger partial charge in [0, 0.05) is 13.1 Å². The van der Waals surface area contributed by atoms with Gasteiger partial charge in [-0.2, -0.15) is 0 Å². The van der Waals surface area contributed by atoms with Crippen LogP contribution >= 0.6 is 43.2 Å². The Balaban J connectivity index is 2.34. The van der Waals surface area contributed by atoms with Gasteiger partial charge in [0.05, 0.1) is 35.4 Å². The third-order valence-electron chi connectivity index (χ3n) is 3.65. The lowest BCUT2D eigenvalue weighted by Crippen LogP contribution is -2.22. The van der Waals surface area contributed by atoms with Crippen molar-refractivity contribution < 1.29 is 0 Å². The summed E-state index contributed by atoms with van der Waals surface area (Å²) in [5.41, 5.74) is 2.92. The molecule has 2 aliphatic rings. The smallest absolute Gasteiger partial charge is 0.194 e. The standard InChI is InChI=1S/C16H14Br2N2OS/c1-3-20(4-2)11-7-5-9-15(13(11)17)22-16-10(19-9)6-8-12(21)14(16)18/h5-8H,3-4H2,1-2H3. The Hall–Kier alpha value is -0.980. The van der Waals surface area contributed by atoms with Crippen LogP contribution in [-0.2, 0) is 0 Å². The molecule has 3 rings (SSSR count). The number of aromatic nitrogens is 1. The molecule has 0 atom stereocenters. The molecule has 114 valence electrons. The molecule has 1 aliphatic carbocycles. The lowest BCUT2D eigenvalue weighted by atomic mass is 10.2. The zero-order chi connectivity index (χ0) is 15.9. The normalized spacial score (nSPS) is 11.3. The topological polar surface area (TPSA) is 33.2 Å². The average Bonchev–Trinajstić information content (AvgIpc) is 2.53. The van der Waals surface area contributed by atoms with Gasteiger partial charge in [-0.15, -0.1) is 11.3 Å². The summed E-state index contributed by atoms with van der Waals surface area (Å²) in [6.07, 6.45) is 0. The molecule has 0 aromatic heterocycles. The number of benzene rings is 2. The largest absolute Gasteiger partial charge is 0.371 e. The Morgan fingerprint density at radius 1 is 1.09 bits per heavy atom. The predicted molar refractivity (Wildman–Crippen MR) is 101 cm³/mol. The first-order valence-corrected chi connectivity index (χ1v) is 9.43. The van der Waals surface area contributed by atoms with Crippen molar-refractivity contribution in [3.05, 3.63) is 43.4 Å². The Labute approximate surface area is 149 Å². The van der Waals surface area contributed by atoms with E-state index in [-0.39, 0.29) is 5.43 Å². The van der Waals surface area contributed by atoms with Gasteiger partial charge in [0.15, 0.2) is 5.43 Å². The third-order valence-corrected chi connectivity index (χ3v) is 7.00. The van der Waals surface area contributed by atoms with Gasteiger partial charge in [-0.3, -0.25) is 4.79 Å². The second-order valence-electron chi connectivity index (χ2n) is 4.86. The van der Waals surface area contributed by atoms with Crippen LogP contribution in [0.4, 0.5) is 5.69 Å². The van der Waals surface area contributed by atoms with Gasteiger partial charge in [0.2, 0.25) is 0 Å². The summed E-state index contributed by atoms with van der Waals surface area (Å²) >= 11 is 8.71. The molecule has 1 aromatic rings. The highest BCUT2D eigenvalue weighted by Gasteiger charge is 2.17. The second kappa shape index (κ2) is 6.26.